The molecule has 0 radical (unpaired) electrons. The van der Waals surface area contributed by atoms with Crippen molar-refractivity contribution in [2.75, 3.05) is 0 Å². The van der Waals surface area contributed by atoms with E-state index in [1.54, 1.807) is 0 Å². The van der Waals surface area contributed by atoms with Crippen molar-refractivity contribution in [3.63, 3.8) is 0 Å². The number of carboxylic acid groups (broad SMARTS) is 1. The number of hydrogen-bond donors (Lipinski definition) is 3. The number of aliphatic hydroxyl groups is 1. The lowest BCUT2D eigenvalue weighted by molar-refractivity contribution is -0.132. The fourth-order valence-electron chi connectivity index (χ4n) is 2.32. The topological polar surface area (TPSA) is 117 Å². The SMILES string of the molecule is O=C(O)C1=C(O)c2cc(Cc3ccccc3)cnc2S(=O)(=O)N1. The molecule has 1 aromatic heterocycles. The number of nitrogens with zero attached hydrogens (tertiary/aromatic N) is 1. The van der Waals surface area contributed by atoms with Gasteiger partial charge in [0.05, 0.1) is 5.56 Å². The zero-order valence-electron chi connectivity index (χ0n) is 11.7. The average molecular weight is 332 g/mol. The van der Waals surface area contributed by atoms with Gasteiger partial charge in [0.2, 0.25) is 0 Å². The largest absolute Gasteiger partial charge is 0.505 e. The number of rotatable bonds is 3. The maximum absolute atomic E-state index is 12.0. The van der Waals surface area contributed by atoms with E-state index in [9.17, 15) is 18.3 Å². The van der Waals surface area contributed by atoms with E-state index in [1.807, 2.05) is 35.1 Å². The van der Waals surface area contributed by atoms with Crippen molar-refractivity contribution in [1.82, 2.24) is 9.71 Å². The normalized spacial score (nSPS) is 15.7. The predicted octanol–water partition coefficient (Wildman–Crippen LogP) is 1.28. The number of carbonyl (C=O) groups is 1. The van der Waals surface area contributed by atoms with Gasteiger partial charge in [-0.25, -0.2) is 9.78 Å². The lowest BCUT2D eigenvalue weighted by atomic mass is 10.0. The molecule has 0 unspecified atom stereocenters. The molecule has 0 fully saturated rings. The molecule has 0 aliphatic carbocycles. The van der Waals surface area contributed by atoms with E-state index in [0.29, 0.717) is 12.0 Å². The third-order valence-electron chi connectivity index (χ3n) is 3.36. The second-order valence-electron chi connectivity index (χ2n) is 4.99. The Morgan fingerprint density at radius 1 is 1.17 bits per heavy atom. The molecular weight excluding hydrogens is 320 g/mol. The second kappa shape index (κ2) is 5.40. The highest BCUT2D eigenvalue weighted by Crippen LogP contribution is 2.28. The van der Waals surface area contributed by atoms with Gasteiger partial charge in [-0.2, -0.15) is 8.42 Å². The molecule has 0 amide bonds. The van der Waals surface area contributed by atoms with Crippen LogP contribution in [0, 0.1) is 0 Å². The van der Waals surface area contributed by atoms with E-state index < -0.39 is 32.5 Å². The summed E-state index contributed by atoms with van der Waals surface area (Å²) in [5.41, 5.74) is 0.738. The van der Waals surface area contributed by atoms with Crippen molar-refractivity contribution < 1.29 is 23.4 Å². The fraction of sp³-hybridized carbons (Fsp3) is 0.0667. The number of aliphatic carboxylic acids is 1. The van der Waals surface area contributed by atoms with Gasteiger partial charge in [0.1, 0.15) is 0 Å². The zero-order valence-corrected chi connectivity index (χ0v) is 12.5. The van der Waals surface area contributed by atoms with Crippen LogP contribution in [-0.4, -0.2) is 29.6 Å². The van der Waals surface area contributed by atoms with E-state index in [2.05, 4.69) is 4.98 Å². The van der Waals surface area contributed by atoms with Crippen molar-refractivity contribution in [3.05, 3.63) is 65.0 Å². The summed E-state index contributed by atoms with van der Waals surface area (Å²) >= 11 is 0. The summed E-state index contributed by atoms with van der Waals surface area (Å²) in [5.74, 6) is -2.21. The van der Waals surface area contributed by atoms with Crippen LogP contribution in [0.15, 0.2) is 53.3 Å². The minimum atomic E-state index is -4.12. The summed E-state index contributed by atoms with van der Waals surface area (Å²) in [4.78, 5) is 14.9. The van der Waals surface area contributed by atoms with Gasteiger partial charge in [0.15, 0.2) is 16.5 Å². The summed E-state index contributed by atoms with van der Waals surface area (Å²) in [6.07, 6.45) is 1.87. The van der Waals surface area contributed by atoms with E-state index in [1.165, 1.54) is 12.3 Å². The zero-order chi connectivity index (χ0) is 16.6. The van der Waals surface area contributed by atoms with E-state index in [-0.39, 0.29) is 5.56 Å². The molecule has 118 valence electrons. The van der Waals surface area contributed by atoms with Gasteiger partial charge in [0, 0.05) is 6.20 Å². The number of carboxylic acids is 1. The van der Waals surface area contributed by atoms with Crippen LogP contribution in [0.25, 0.3) is 5.76 Å². The number of sulfonamides is 1. The molecule has 1 aromatic carbocycles. The Balaban J connectivity index is 2.10. The lowest BCUT2D eigenvalue weighted by Crippen LogP contribution is -2.33. The van der Waals surface area contributed by atoms with E-state index in [4.69, 9.17) is 5.11 Å². The summed E-state index contributed by atoms with van der Waals surface area (Å²) in [7, 11) is -4.12. The standard InChI is InChI=1S/C15H12N2O5S/c18-13-11-7-10(6-9-4-2-1-3-5-9)8-16-14(11)23(21,22)17-12(13)15(19)20/h1-5,7-8,17-18H,6H2,(H,19,20). The minimum Gasteiger partial charge on any atom is -0.505 e. The molecule has 7 nitrogen and oxygen atoms in total. The molecule has 1 aliphatic rings. The maximum Gasteiger partial charge on any atom is 0.356 e. The molecule has 8 heteroatoms. The molecule has 3 rings (SSSR count). The Kier molecular flexibility index (Phi) is 3.53. The third-order valence-corrected chi connectivity index (χ3v) is 4.66. The smallest absolute Gasteiger partial charge is 0.356 e. The second-order valence-corrected chi connectivity index (χ2v) is 6.59. The van der Waals surface area contributed by atoms with Gasteiger partial charge in [-0.1, -0.05) is 30.3 Å². The fourth-order valence-corrected chi connectivity index (χ4v) is 3.50. The highest BCUT2D eigenvalue weighted by atomic mass is 32.2. The van der Waals surface area contributed by atoms with Crippen molar-refractivity contribution in [2.24, 2.45) is 0 Å². The van der Waals surface area contributed by atoms with Crippen LogP contribution in [0.5, 0.6) is 0 Å². The summed E-state index contributed by atoms with van der Waals surface area (Å²) < 4.78 is 25.8. The van der Waals surface area contributed by atoms with E-state index >= 15 is 0 Å². The molecule has 23 heavy (non-hydrogen) atoms. The molecule has 0 saturated heterocycles. The van der Waals surface area contributed by atoms with Crippen LogP contribution in [0.4, 0.5) is 0 Å². The monoisotopic (exact) mass is 332 g/mol. The molecule has 0 bridgehead atoms. The van der Waals surface area contributed by atoms with Gasteiger partial charge in [-0.05, 0) is 23.6 Å². The van der Waals surface area contributed by atoms with Crippen LogP contribution >= 0.6 is 0 Å². The van der Waals surface area contributed by atoms with Crippen molar-refractivity contribution in [3.8, 4) is 0 Å². The van der Waals surface area contributed by atoms with Crippen LogP contribution in [0.1, 0.15) is 16.7 Å². The Morgan fingerprint density at radius 2 is 1.87 bits per heavy atom. The number of aliphatic hydroxyl groups excluding tert-OH is 1. The molecule has 2 aromatic rings. The first kappa shape index (κ1) is 15.0. The first-order valence-corrected chi connectivity index (χ1v) is 8.09. The number of aromatic nitrogens is 1. The quantitative estimate of drug-likeness (QED) is 0.779. The molecule has 2 heterocycles. The molecule has 0 atom stereocenters. The number of fused-ring (bicyclic) bond motifs is 1. The number of hydrogen-bond acceptors (Lipinski definition) is 5. The molecule has 0 spiro atoms. The van der Waals surface area contributed by atoms with Crippen molar-refractivity contribution in [1.29, 1.82) is 0 Å². The molecule has 0 saturated carbocycles. The maximum atomic E-state index is 12.0. The van der Waals surface area contributed by atoms with E-state index in [0.717, 1.165) is 5.56 Å². The van der Waals surface area contributed by atoms with Gasteiger partial charge in [-0.15, -0.1) is 0 Å². The first-order chi connectivity index (χ1) is 10.9. The molecular formula is C15H12N2O5S. The summed E-state index contributed by atoms with van der Waals surface area (Å²) in [6.45, 7) is 0. The van der Waals surface area contributed by atoms with Crippen LogP contribution < -0.4 is 4.72 Å². The number of nitrogens with one attached hydrogen (secondary N) is 1. The Morgan fingerprint density at radius 3 is 2.52 bits per heavy atom. The van der Waals surface area contributed by atoms with Crippen molar-refractivity contribution >= 4 is 21.8 Å². The Hall–Kier alpha value is -2.87. The number of benzene rings is 1. The van der Waals surface area contributed by atoms with Crippen molar-refractivity contribution in [2.45, 2.75) is 11.4 Å². The molecule has 3 N–H and O–H groups in total. The van der Waals surface area contributed by atoms with Gasteiger partial charge >= 0.3 is 5.97 Å². The average Bonchev–Trinajstić information content (AvgIpc) is 2.51. The Labute approximate surface area is 132 Å². The third kappa shape index (κ3) is 2.76. The van der Waals surface area contributed by atoms with Crippen LogP contribution in [0.2, 0.25) is 0 Å². The highest BCUT2D eigenvalue weighted by molar-refractivity contribution is 7.89. The lowest BCUT2D eigenvalue weighted by Gasteiger charge is -2.19. The first-order valence-electron chi connectivity index (χ1n) is 6.61. The Bertz CT molecular complexity index is 920. The number of pyridine rings is 1. The molecule has 1 aliphatic heterocycles. The summed E-state index contributed by atoms with van der Waals surface area (Å²) in [5, 5.41) is 18.7. The van der Waals surface area contributed by atoms with Crippen LogP contribution in [-0.2, 0) is 21.2 Å². The van der Waals surface area contributed by atoms with Gasteiger partial charge < -0.3 is 10.2 Å². The van der Waals surface area contributed by atoms with Gasteiger partial charge in [-0.3, -0.25) is 4.72 Å². The predicted molar refractivity (Wildman–Crippen MR) is 81.0 cm³/mol. The van der Waals surface area contributed by atoms with Crippen LogP contribution in [0.3, 0.4) is 0 Å². The highest BCUT2D eigenvalue weighted by Gasteiger charge is 2.34. The minimum absolute atomic E-state index is 0.116. The summed E-state index contributed by atoms with van der Waals surface area (Å²) in [6, 6.07) is 10.9. The van der Waals surface area contributed by atoms with Gasteiger partial charge in [0.25, 0.3) is 10.0 Å².